The highest BCUT2D eigenvalue weighted by molar-refractivity contribution is 7.85. The maximum atomic E-state index is 10.4. The van der Waals surface area contributed by atoms with Crippen LogP contribution in [0, 0.1) is 0 Å². The van der Waals surface area contributed by atoms with E-state index in [4.69, 9.17) is 4.55 Å². The van der Waals surface area contributed by atoms with Crippen LogP contribution >= 0.6 is 0 Å². The van der Waals surface area contributed by atoms with Crippen LogP contribution in [0.1, 0.15) is 12.2 Å². The highest BCUT2D eigenvalue weighted by Crippen LogP contribution is 2.00. The molecule has 0 radical (unpaired) electrons. The first-order valence-corrected chi connectivity index (χ1v) is 6.17. The van der Waals surface area contributed by atoms with Gasteiger partial charge in [0, 0.05) is 25.9 Å². The van der Waals surface area contributed by atoms with Crippen molar-refractivity contribution in [2.75, 3.05) is 5.75 Å². The fourth-order valence-electron chi connectivity index (χ4n) is 1.05. The summed E-state index contributed by atoms with van der Waals surface area (Å²) in [4.78, 5) is 4.02. The quantitative estimate of drug-likeness (QED) is 0.843. The molecule has 17 heavy (non-hydrogen) atoms. The van der Waals surface area contributed by atoms with Crippen molar-refractivity contribution in [3.05, 3.63) is 18.2 Å². The molecule has 0 aromatic carbocycles. The van der Waals surface area contributed by atoms with Crippen LogP contribution < -0.4 is 0 Å². The van der Waals surface area contributed by atoms with Gasteiger partial charge in [-0.3, -0.25) is 4.55 Å². The summed E-state index contributed by atoms with van der Waals surface area (Å²) < 4.78 is 60.0. The number of imidazole rings is 1. The molecule has 9 heteroatoms. The van der Waals surface area contributed by atoms with Crippen LogP contribution in [-0.4, -0.2) is 35.0 Å². The molecule has 0 aliphatic carbocycles. The molecule has 100 valence electrons. The van der Waals surface area contributed by atoms with E-state index in [1.54, 1.807) is 12.4 Å². The van der Waals surface area contributed by atoms with Gasteiger partial charge in [0.05, 0.1) is 5.75 Å². The fraction of sp³-hybridized carbons (Fsp3) is 0.625. The average Bonchev–Trinajstić information content (AvgIpc) is 2.48. The van der Waals surface area contributed by atoms with Gasteiger partial charge in [0.1, 0.15) is 5.82 Å². The largest absolute Gasteiger partial charge is 0.379 e. The summed E-state index contributed by atoms with van der Waals surface area (Å²) in [5.74, 6) is 0.614. The number of aryl methyl sites for hydroxylation is 2. The van der Waals surface area contributed by atoms with Crippen molar-refractivity contribution >= 4 is 10.1 Å². The van der Waals surface area contributed by atoms with Gasteiger partial charge >= 0.3 is 6.68 Å². The van der Waals surface area contributed by atoms with Gasteiger partial charge in [-0.25, -0.2) is 4.98 Å². The van der Waals surface area contributed by atoms with E-state index in [1.807, 2.05) is 11.6 Å². The third-order valence-electron chi connectivity index (χ3n) is 1.72. The third kappa shape index (κ3) is 9.82. The van der Waals surface area contributed by atoms with Crippen LogP contribution in [0.3, 0.4) is 0 Å². The Morgan fingerprint density at radius 3 is 2.35 bits per heavy atom. The highest BCUT2D eigenvalue weighted by Gasteiger charge is 2.05. The van der Waals surface area contributed by atoms with E-state index in [0.717, 1.165) is 5.82 Å². The molecule has 0 atom stereocenters. The Bertz CT molecular complexity index is 417. The number of nitrogens with zero attached hydrogens (tertiary/aromatic N) is 2. The Hall–Kier alpha value is -1.09. The predicted molar refractivity (Wildman–Crippen MR) is 55.1 cm³/mol. The molecule has 0 aliphatic heterocycles. The predicted octanol–water partition coefficient (Wildman–Crippen LogP) is 1.42. The summed E-state index contributed by atoms with van der Waals surface area (Å²) in [6, 6.07) is 0. The van der Waals surface area contributed by atoms with E-state index < -0.39 is 16.8 Å². The van der Waals surface area contributed by atoms with Crippen LogP contribution in [-0.2, 0) is 23.6 Å². The lowest BCUT2D eigenvalue weighted by Crippen LogP contribution is -2.06. The smallest absolute Gasteiger partial charge is 0.338 e. The van der Waals surface area contributed by atoms with E-state index in [9.17, 15) is 21.6 Å². The molecule has 0 saturated heterocycles. The lowest BCUT2D eigenvalue weighted by Gasteiger charge is -1.99. The Morgan fingerprint density at radius 2 is 2.00 bits per heavy atom. The summed E-state index contributed by atoms with van der Waals surface area (Å²) in [7, 11) is -1.98. The standard InChI is InChI=1S/C7H12N2O3S.CHF3/c1-9-5-4-8-7(9)3-2-6-13(10,11)12;2-1(3)4/h4-5H,2-3,6H2,1H3,(H,10,11,12);1H. The summed E-state index contributed by atoms with van der Waals surface area (Å²) in [6.45, 7) is -3.67. The van der Waals surface area contributed by atoms with Gasteiger partial charge in [-0.2, -0.15) is 21.6 Å². The van der Waals surface area contributed by atoms with Crippen molar-refractivity contribution < 1.29 is 26.1 Å². The maximum absolute atomic E-state index is 10.4. The number of halogens is 3. The van der Waals surface area contributed by atoms with Crippen molar-refractivity contribution in [2.45, 2.75) is 19.5 Å². The molecular formula is C8H13F3N2O3S. The molecule has 0 saturated carbocycles. The van der Waals surface area contributed by atoms with Crippen molar-refractivity contribution in [3.8, 4) is 0 Å². The Kier molecular flexibility index (Phi) is 6.81. The highest BCUT2D eigenvalue weighted by atomic mass is 32.2. The zero-order chi connectivity index (χ0) is 13.5. The zero-order valence-electron chi connectivity index (χ0n) is 9.05. The Labute approximate surface area is 97.0 Å². The minimum Gasteiger partial charge on any atom is -0.338 e. The van der Waals surface area contributed by atoms with Gasteiger partial charge in [0.25, 0.3) is 10.1 Å². The molecule has 0 aliphatic rings. The molecule has 0 amide bonds. The molecule has 1 rings (SSSR count). The van der Waals surface area contributed by atoms with Gasteiger partial charge < -0.3 is 4.57 Å². The Morgan fingerprint density at radius 1 is 1.47 bits per heavy atom. The number of alkyl halides is 3. The van der Waals surface area contributed by atoms with E-state index in [-0.39, 0.29) is 5.75 Å². The lowest BCUT2D eigenvalue weighted by atomic mass is 10.3. The van der Waals surface area contributed by atoms with Crippen LogP contribution in [0.25, 0.3) is 0 Å². The van der Waals surface area contributed by atoms with E-state index in [0.29, 0.717) is 12.8 Å². The molecule has 0 unspecified atom stereocenters. The molecule has 0 spiro atoms. The second-order valence-corrected chi connectivity index (χ2v) is 4.66. The third-order valence-corrected chi connectivity index (χ3v) is 2.53. The van der Waals surface area contributed by atoms with Gasteiger partial charge in [-0.05, 0) is 6.42 Å². The van der Waals surface area contributed by atoms with Gasteiger partial charge in [0.15, 0.2) is 0 Å². The Balaban J connectivity index is 0.000000557. The van der Waals surface area contributed by atoms with Gasteiger partial charge in [-0.1, -0.05) is 0 Å². The van der Waals surface area contributed by atoms with Gasteiger partial charge in [-0.15, -0.1) is 0 Å². The number of hydrogen-bond acceptors (Lipinski definition) is 3. The first-order valence-electron chi connectivity index (χ1n) is 4.56. The second kappa shape index (κ2) is 7.28. The molecule has 1 N–H and O–H groups in total. The molecule has 0 bridgehead atoms. The van der Waals surface area contributed by atoms with E-state index >= 15 is 0 Å². The lowest BCUT2D eigenvalue weighted by molar-refractivity contribution is 0.00819. The molecule has 5 nitrogen and oxygen atoms in total. The van der Waals surface area contributed by atoms with Crippen molar-refractivity contribution in [1.29, 1.82) is 0 Å². The molecule has 0 fully saturated rings. The van der Waals surface area contributed by atoms with Crippen LogP contribution in [0.2, 0.25) is 0 Å². The number of aromatic nitrogens is 2. The normalized spacial score (nSPS) is 11.2. The summed E-state index contributed by atoms with van der Waals surface area (Å²) in [6.07, 6.45) is 4.40. The topological polar surface area (TPSA) is 72.2 Å². The van der Waals surface area contributed by atoms with Crippen LogP contribution in [0.5, 0.6) is 0 Å². The fourth-order valence-corrected chi connectivity index (χ4v) is 1.56. The van der Waals surface area contributed by atoms with E-state index in [1.165, 1.54) is 0 Å². The molecule has 1 heterocycles. The monoisotopic (exact) mass is 274 g/mol. The van der Waals surface area contributed by atoms with Crippen molar-refractivity contribution in [2.24, 2.45) is 7.05 Å². The number of rotatable bonds is 4. The minimum atomic E-state index is -3.83. The summed E-state index contributed by atoms with van der Waals surface area (Å²) in [5.41, 5.74) is 0. The first kappa shape index (κ1) is 15.9. The van der Waals surface area contributed by atoms with Gasteiger partial charge in [0.2, 0.25) is 0 Å². The van der Waals surface area contributed by atoms with E-state index in [2.05, 4.69) is 4.98 Å². The zero-order valence-corrected chi connectivity index (χ0v) is 9.87. The van der Waals surface area contributed by atoms with Crippen LogP contribution in [0.4, 0.5) is 13.2 Å². The second-order valence-electron chi connectivity index (χ2n) is 3.09. The number of hydrogen-bond donors (Lipinski definition) is 1. The molecule has 1 aromatic heterocycles. The average molecular weight is 274 g/mol. The summed E-state index contributed by atoms with van der Waals surface area (Å²) in [5, 5.41) is 0. The first-order chi connectivity index (χ1) is 7.72. The summed E-state index contributed by atoms with van der Waals surface area (Å²) >= 11 is 0. The molecular weight excluding hydrogens is 261 g/mol. The van der Waals surface area contributed by atoms with Crippen LogP contribution in [0.15, 0.2) is 12.4 Å². The van der Waals surface area contributed by atoms with Crippen molar-refractivity contribution in [3.63, 3.8) is 0 Å². The SMILES string of the molecule is Cn1ccnc1CCCS(=O)(=O)O.FC(F)F. The van der Waals surface area contributed by atoms with Crippen molar-refractivity contribution in [1.82, 2.24) is 9.55 Å². The minimum absolute atomic E-state index is 0.208. The maximum Gasteiger partial charge on any atom is 0.379 e. The molecule has 1 aromatic rings.